The van der Waals surface area contributed by atoms with Gasteiger partial charge >= 0.3 is 0 Å². The molecule has 0 aliphatic carbocycles. The monoisotopic (exact) mass is 271 g/mol. The van der Waals surface area contributed by atoms with Gasteiger partial charge in [-0.2, -0.15) is 0 Å². The number of imidazole rings is 1. The minimum Gasteiger partial charge on any atom is -0.356 e. The van der Waals surface area contributed by atoms with Crippen molar-refractivity contribution < 1.29 is 0 Å². The molecule has 0 radical (unpaired) electrons. The van der Waals surface area contributed by atoms with E-state index in [1.807, 2.05) is 19.3 Å². The SMILES string of the molecule is Cc1cc(N2CCCC(Cc3nccn3C)C2)ncn1. The first-order chi connectivity index (χ1) is 9.72. The molecule has 106 valence electrons. The highest BCUT2D eigenvalue weighted by Gasteiger charge is 2.22. The quantitative estimate of drug-likeness (QED) is 0.856. The highest BCUT2D eigenvalue weighted by Crippen LogP contribution is 2.23. The van der Waals surface area contributed by atoms with Crippen molar-refractivity contribution in [3.8, 4) is 0 Å². The minimum atomic E-state index is 0.653. The maximum atomic E-state index is 4.44. The Bertz CT molecular complexity index is 577. The number of aromatic nitrogens is 4. The molecular formula is C15H21N5. The molecule has 0 amide bonds. The van der Waals surface area contributed by atoms with Crippen LogP contribution in [0.4, 0.5) is 5.82 Å². The fourth-order valence-corrected chi connectivity index (χ4v) is 2.90. The molecular weight excluding hydrogens is 250 g/mol. The van der Waals surface area contributed by atoms with Gasteiger partial charge in [0.1, 0.15) is 18.0 Å². The topological polar surface area (TPSA) is 46.8 Å². The summed E-state index contributed by atoms with van der Waals surface area (Å²) in [5, 5.41) is 0. The van der Waals surface area contributed by atoms with Gasteiger partial charge in [0.15, 0.2) is 0 Å². The second-order valence-corrected chi connectivity index (χ2v) is 5.63. The van der Waals surface area contributed by atoms with Gasteiger partial charge in [0.2, 0.25) is 0 Å². The van der Waals surface area contributed by atoms with E-state index >= 15 is 0 Å². The summed E-state index contributed by atoms with van der Waals surface area (Å²) in [5.41, 5.74) is 1.03. The summed E-state index contributed by atoms with van der Waals surface area (Å²) in [6.45, 7) is 4.16. The van der Waals surface area contributed by atoms with Crippen molar-refractivity contribution in [2.75, 3.05) is 18.0 Å². The molecule has 3 heterocycles. The van der Waals surface area contributed by atoms with E-state index in [1.54, 1.807) is 6.33 Å². The molecule has 0 saturated carbocycles. The van der Waals surface area contributed by atoms with E-state index in [-0.39, 0.29) is 0 Å². The van der Waals surface area contributed by atoms with E-state index < -0.39 is 0 Å². The van der Waals surface area contributed by atoms with Crippen molar-refractivity contribution in [3.63, 3.8) is 0 Å². The van der Waals surface area contributed by atoms with Gasteiger partial charge in [0.25, 0.3) is 0 Å². The molecule has 3 rings (SSSR count). The van der Waals surface area contributed by atoms with Crippen LogP contribution < -0.4 is 4.90 Å². The Morgan fingerprint density at radius 2 is 2.20 bits per heavy atom. The smallest absolute Gasteiger partial charge is 0.132 e. The van der Waals surface area contributed by atoms with Crippen molar-refractivity contribution in [1.29, 1.82) is 0 Å². The van der Waals surface area contributed by atoms with Crippen LogP contribution in [0.1, 0.15) is 24.4 Å². The lowest BCUT2D eigenvalue weighted by atomic mass is 9.94. The van der Waals surface area contributed by atoms with Crippen LogP contribution in [-0.4, -0.2) is 32.6 Å². The number of hydrogen-bond acceptors (Lipinski definition) is 4. The lowest BCUT2D eigenvalue weighted by molar-refractivity contribution is 0.401. The Morgan fingerprint density at radius 3 is 2.95 bits per heavy atom. The van der Waals surface area contributed by atoms with Gasteiger partial charge in [-0.05, 0) is 25.7 Å². The van der Waals surface area contributed by atoms with Crippen molar-refractivity contribution >= 4 is 5.82 Å². The van der Waals surface area contributed by atoms with Crippen molar-refractivity contribution in [1.82, 2.24) is 19.5 Å². The summed E-state index contributed by atoms with van der Waals surface area (Å²) in [6, 6.07) is 2.07. The second kappa shape index (κ2) is 5.61. The van der Waals surface area contributed by atoms with E-state index in [4.69, 9.17) is 0 Å². The third-order valence-electron chi connectivity index (χ3n) is 4.02. The zero-order valence-corrected chi connectivity index (χ0v) is 12.2. The molecule has 0 aromatic carbocycles. The summed E-state index contributed by atoms with van der Waals surface area (Å²) >= 11 is 0. The maximum Gasteiger partial charge on any atom is 0.132 e. The Hall–Kier alpha value is -1.91. The average Bonchev–Trinajstić information content (AvgIpc) is 2.85. The van der Waals surface area contributed by atoms with Gasteiger partial charge in [-0.1, -0.05) is 0 Å². The third kappa shape index (κ3) is 2.81. The van der Waals surface area contributed by atoms with Crippen molar-refractivity contribution in [2.24, 2.45) is 13.0 Å². The number of piperidine rings is 1. The summed E-state index contributed by atoms with van der Waals surface area (Å²) in [5.74, 6) is 2.89. The summed E-state index contributed by atoms with van der Waals surface area (Å²) in [6.07, 6.45) is 9.09. The number of anilines is 1. The lowest BCUT2D eigenvalue weighted by Gasteiger charge is -2.33. The predicted octanol–water partition coefficient (Wildman–Crippen LogP) is 1.98. The van der Waals surface area contributed by atoms with Crippen LogP contribution in [0.5, 0.6) is 0 Å². The molecule has 1 saturated heterocycles. The van der Waals surface area contributed by atoms with Gasteiger partial charge in [0, 0.05) is 50.7 Å². The van der Waals surface area contributed by atoms with Crippen LogP contribution in [-0.2, 0) is 13.5 Å². The summed E-state index contributed by atoms with van der Waals surface area (Å²) < 4.78 is 2.12. The minimum absolute atomic E-state index is 0.653. The first-order valence-corrected chi connectivity index (χ1v) is 7.22. The van der Waals surface area contributed by atoms with E-state index in [9.17, 15) is 0 Å². The van der Waals surface area contributed by atoms with Gasteiger partial charge in [0.05, 0.1) is 0 Å². The van der Waals surface area contributed by atoms with E-state index in [2.05, 4.69) is 37.5 Å². The van der Waals surface area contributed by atoms with E-state index in [0.29, 0.717) is 5.92 Å². The second-order valence-electron chi connectivity index (χ2n) is 5.63. The van der Waals surface area contributed by atoms with Crippen LogP contribution >= 0.6 is 0 Å². The van der Waals surface area contributed by atoms with Gasteiger partial charge < -0.3 is 9.47 Å². The lowest BCUT2D eigenvalue weighted by Crippen LogP contribution is -2.37. The largest absolute Gasteiger partial charge is 0.356 e. The normalized spacial score (nSPS) is 19.3. The fourth-order valence-electron chi connectivity index (χ4n) is 2.90. The highest BCUT2D eigenvalue weighted by atomic mass is 15.2. The zero-order chi connectivity index (χ0) is 13.9. The number of aryl methyl sites for hydroxylation is 2. The Morgan fingerprint density at radius 1 is 1.30 bits per heavy atom. The van der Waals surface area contributed by atoms with Gasteiger partial charge in [-0.25, -0.2) is 15.0 Å². The summed E-state index contributed by atoms with van der Waals surface area (Å²) in [4.78, 5) is 15.4. The Kier molecular flexibility index (Phi) is 3.67. The van der Waals surface area contributed by atoms with Crippen LogP contribution in [0.25, 0.3) is 0 Å². The predicted molar refractivity (Wildman–Crippen MR) is 78.6 cm³/mol. The number of rotatable bonds is 3. The van der Waals surface area contributed by atoms with Crippen LogP contribution in [0, 0.1) is 12.8 Å². The van der Waals surface area contributed by atoms with E-state index in [1.165, 1.54) is 18.7 Å². The van der Waals surface area contributed by atoms with Crippen LogP contribution in [0.2, 0.25) is 0 Å². The zero-order valence-electron chi connectivity index (χ0n) is 12.2. The fraction of sp³-hybridized carbons (Fsp3) is 0.533. The summed E-state index contributed by atoms with van der Waals surface area (Å²) in [7, 11) is 2.07. The molecule has 1 aliphatic heterocycles. The van der Waals surface area contributed by atoms with Crippen LogP contribution in [0.15, 0.2) is 24.8 Å². The molecule has 1 aliphatic rings. The Labute approximate surface area is 119 Å². The maximum absolute atomic E-state index is 4.44. The molecule has 1 unspecified atom stereocenters. The first kappa shape index (κ1) is 13.1. The van der Waals surface area contributed by atoms with Crippen LogP contribution in [0.3, 0.4) is 0 Å². The molecule has 20 heavy (non-hydrogen) atoms. The molecule has 5 heteroatoms. The van der Waals surface area contributed by atoms with Crippen molar-refractivity contribution in [2.45, 2.75) is 26.2 Å². The third-order valence-corrected chi connectivity index (χ3v) is 4.02. The van der Waals surface area contributed by atoms with Crippen molar-refractivity contribution in [3.05, 3.63) is 36.3 Å². The number of hydrogen-bond donors (Lipinski definition) is 0. The molecule has 1 atom stereocenters. The van der Waals surface area contributed by atoms with Gasteiger partial charge in [-0.3, -0.25) is 0 Å². The van der Waals surface area contributed by atoms with Gasteiger partial charge in [-0.15, -0.1) is 0 Å². The molecule has 2 aromatic heterocycles. The van der Waals surface area contributed by atoms with E-state index in [0.717, 1.165) is 31.0 Å². The first-order valence-electron chi connectivity index (χ1n) is 7.22. The highest BCUT2D eigenvalue weighted by molar-refractivity contribution is 5.39. The molecule has 0 spiro atoms. The molecule has 0 bridgehead atoms. The number of nitrogens with zero attached hydrogens (tertiary/aromatic N) is 5. The standard InChI is InChI=1S/C15H21N5/c1-12-8-15(18-11-17-12)20-6-3-4-13(10-20)9-14-16-5-7-19(14)2/h5,7-8,11,13H,3-4,6,9-10H2,1-2H3. The molecule has 5 nitrogen and oxygen atoms in total. The average molecular weight is 271 g/mol. The Balaban J connectivity index is 1.69. The molecule has 1 fully saturated rings. The molecule has 2 aromatic rings. The molecule has 0 N–H and O–H groups in total.